The van der Waals surface area contributed by atoms with E-state index in [0.29, 0.717) is 6.42 Å². The van der Waals surface area contributed by atoms with Crippen molar-refractivity contribution in [3.05, 3.63) is 35.4 Å². The van der Waals surface area contributed by atoms with Crippen LogP contribution in [0.5, 0.6) is 0 Å². The number of carbonyl (C=O) groups is 1. The van der Waals surface area contributed by atoms with E-state index in [4.69, 9.17) is 5.73 Å². The Hall–Kier alpha value is -1.35. The zero-order valence-electron chi connectivity index (χ0n) is 8.58. The molecule has 0 saturated heterocycles. The quantitative estimate of drug-likeness (QED) is 0.751. The van der Waals surface area contributed by atoms with Gasteiger partial charge in [0.25, 0.3) is 0 Å². The van der Waals surface area contributed by atoms with Gasteiger partial charge in [0.05, 0.1) is 0 Å². The lowest BCUT2D eigenvalue weighted by molar-refractivity contribution is -0.118. The number of benzene rings is 1. The second kappa shape index (κ2) is 4.77. The molecule has 0 radical (unpaired) electrons. The van der Waals surface area contributed by atoms with Crippen molar-refractivity contribution >= 4 is 5.91 Å². The molecule has 0 heterocycles. The Labute approximate surface area is 84.3 Å². The molecule has 76 valence electrons. The fourth-order valence-electron chi connectivity index (χ4n) is 1.55. The van der Waals surface area contributed by atoms with Crippen LogP contribution in [0.2, 0.25) is 0 Å². The van der Waals surface area contributed by atoms with Gasteiger partial charge in [-0.05, 0) is 25.1 Å². The van der Waals surface area contributed by atoms with Gasteiger partial charge in [-0.3, -0.25) is 4.79 Å². The first-order chi connectivity index (χ1) is 6.65. The summed E-state index contributed by atoms with van der Waals surface area (Å²) in [6, 6.07) is 8.01. The Kier molecular flexibility index (Phi) is 3.65. The maximum absolute atomic E-state index is 10.8. The lowest BCUT2D eigenvalue weighted by Crippen LogP contribution is -2.24. The molecular formula is C11H16N2O. The van der Waals surface area contributed by atoms with Gasteiger partial charge in [-0.1, -0.05) is 24.3 Å². The van der Waals surface area contributed by atoms with Crippen LogP contribution in [-0.4, -0.2) is 13.0 Å². The summed E-state index contributed by atoms with van der Waals surface area (Å²) in [6.07, 6.45) is 0.335. The summed E-state index contributed by atoms with van der Waals surface area (Å²) < 4.78 is 0. The number of nitrogens with one attached hydrogen (secondary N) is 1. The molecule has 1 aromatic rings. The van der Waals surface area contributed by atoms with E-state index >= 15 is 0 Å². The first-order valence-corrected chi connectivity index (χ1v) is 4.66. The molecule has 1 rings (SSSR count). The van der Waals surface area contributed by atoms with Crippen LogP contribution < -0.4 is 11.1 Å². The summed E-state index contributed by atoms with van der Waals surface area (Å²) in [5.74, 6) is -0.285. The highest BCUT2D eigenvalue weighted by Crippen LogP contribution is 2.19. The summed E-state index contributed by atoms with van der Waals surface area (Å²) in [4.78, 5) is 10.8. The molecule has 0 bridgehead atoms. The number of primary amides is 1. The molecule has 0 aliphatic carbocycles. The minimum Gasteiger partial charge on any atom is -0.370 e. The van der Waals surface area contributed by atoms with Gasteiger partial charge in [0.1, 0.15) is 0 Å². The van der Waals surface area contributed by atoms with Gasteiger partial charge in [-0.2, -0.15) is 0 Å². The van der Waals surface area contributed by atoms with Gasteiger partial charge >= 0.3 is 0 Å². The van der Waals surface area contributed by atoms with E-state index in [9.17, 15) is 4.79 Å². The van der Waals surface area contributed by atoms with Crippen molar-refractivity contribution in [2.24, 2.45) is 5.73 Å². The monoisotopic (exact) mass is 192 g/mol. The summed E-state index contributed by atoms with van der Waals surface area (Å²) >= 11 is 0. The minimum atomic E-state index is -0.285. The highest BCUT2D eigenvalue weighted by molar-refractivity contribution is 5.74. The predicted molar refractivity (Wildman–Crippen MR) is 56.8 cm³/mol. The third-order valence-corrected chi connectivity index (χ3v) is 2.32. The van der Waals surface area contributed by atoms with E-state index in [1.54, 1.807) is 0 Å². The second-order valence-electron chi connectivity index (χ2n) is 3.37. The zero-order chi connectivity index (χ0) is 10.6. The van der Waals surface area contributed by atoms with E-state index in [1.807, 2.05) is 38.2 Å². The molecule has 3 nitrogen and oxygen atoms in total. The van der Waals surface area contributed by atoms with Crippen LogP contribution in [0.3, 0.4) is 0 Å². The molecule has 1 aromatic carbocycles. The maximum Gasteiger partial charge on any atom is 0.219 e. The number of carbonyl (C=O) groups excluding carboxylic acids is 1. The molecule has 1 amide bonds. The van der Waals surface area contributed by atoms with Gasteiger partial charge in [-0.15, -0.1) is 0 Å². The summed E-state index contributed by atoms with van der Waals surface area (Å²) in [5.41, 5.74) is 7.48. The Morgan fingerprint density at radius 3 is 2.64 bits per heavy atom. The fraction of sp³-hybridized carbons (Fsp3) is 0.364. The lowest BCUT2D eigenvalue weighted by Gasteiger charge is -2.16. The first kappa shape index (κ1) is 10.7. The number of amides is 1. The minimum absolute atomic E-state index is 0.0219. The average Bonchev–Trinajstić information content (AvgIpc) is 2.15. The highest BCUT2D eigenvalue weighted by Gasteiger charge is 2.13. The van der Waals surface area contributed by atoms with Gasteiger partial charge < -0.3 is 11.1 Å². The SMILES string of the molecule is CNC(CC(N)=O)c1ccccc1C. The molecule has 0 aliphatic rings. The molecular weight excluding hydrogens is 176 g/mol. The summed E-state index contributed by atoms with van der Waals surface area (Å²) in [7, 11) is 1.83. The van der Waals surface area contributed by atoms with E-state index < -0.39 is 0 Å². The van der Waals surface area contributed by atoms with Crippen molar-refractivity contribution in [3.63, 3.8) is 0 Å². The Morgan fingerprint density at radius 1 is 1.50 bits per heavy atom. The van der Waals surface area contributed by atoms with Gasteiger partial charge in [0.2, 0.25) is 5.91 Å². The molecule has 1 atom stereocenters. The standard InChI is InChI=1S/C11H16N2O/c1-8-5-3-4-6-9(8)10(13-2)7-11(12)14/h3-6,10,13H,7H2,1-2H3,(H2,12,14). The molecule has 0 saturated carbocycles. The van der Waals surface area contributed by atoms with E-state index in [2.05, 4.69) is 5.32 Å². The number of nitrogens with two attached hydrogens (primary N) is 1. The van der Waals surface area contributed by atoms with Crippen molar-refractivity contribution in [3.8, 4) is 0 Å². The van der Waals surface area contributed by atoms with Crippen LogP contribution in [0.25, 0.3) is 0 Å². The number of hydrogen-bond acceptors (Lipinski definition) is 2. The zero-order valence-corrected chi connectivity index (χ0v) is 8.58. The van der Waals surface area contributed by atoms with Crippen molar-refractivity contribution < 1.29 is 4.79 Å². The van der Waals surface area contributed by atoms with E-state index in [-0.39, 0.29) is 11.9 Å². The highest BCUT2D eigenvalue weighted by atomic mass is 16.1. The maximum atomic E-state index is 10.8. The molecule has 0 fully saturated rings. The van der Waals surface area contributed by atoms with Crippen LogP contribution in [0.1, 0.15) is 23.6 Å². The molecule has 0 aromatic heterocycles. The fourth-order valence-corrected chi connectivity index (χ4v) is 1.55. The van der Waals surface area contributed by atoms with Crippen molar-refractivity contribution in [1.29, 1.82) is 0 Å². The molecule has 14 heavy (non-hydrogen) atoms. The number of rotatable bonds is 4. The number of aryl methyl sites for hydroxylation is 1. The first-order valence-electron chi connectivity index (χ1n) is 4.66. The van der Waals surface area contributed by atoms with Crippen LogP contribution in [0.4, 0.5) is 0 Å². The van der Waals surface area contributed by atoms with Crippen molar-refractivity contribution in [1.82, 2.24) is 5.32 Å². The molecule has 1 unspecified atom stereocenters. The molecule has 3 heteroatoms. The second-order valence-corrected chi connectivity index (χ2v) is 3.37. The molecule has 3 N–H and O–H groups in total. The smallest absolute Gasteiger partial charge is 0.219 e. The van der Waals surface area contributed by atoms with Gasteiger partial charge in [-0.25, -0.2) is 0 Å². The molecule has 0 aliphatic heterocycles. The third-order valence-electron chi connectivity index (χ3n) is 2.32. The van der Waals surface area contributed by atoms with Crippen LogP contribution >= 0.6 is 0 Å². The normalized spacial score (nSPS) is 12.4. The van der Waals surface area contributed by atoms with E-state index in [0.717, 1.165) is 5.56 Å². The predicted octanol–water partition coefficient (Wildman–Crippen LogP) is 1.13. The summed E-state index contributed by atoms with van der Waals surface area (Å²) in [6.45, 7) is 2.03. The van der Waals surface area contributed by atoms with Gasteiger partial charge in [0.15, 0.2) is 0 Å². The Morgan fingerprint density at radius 2 is 2.14 bits per heavy atom. The van der Waals surface area contributed by atoms with Crippen LogP contribution in [0.15, 0.2) is 24.3 Å². The summed E-state index contributed by atoms with van der Waals surface area (Å²) in [5, 5.41) is 3.09. The molecule has 0 spiro atoms. The van der Waals surface area contributed by atoms with Crippen molar-refractivity contribution in [2.45, 2.75) is 19.4 Å². The lowest BCUT2D eigenvalue weighted by atomic mass is 9.99. The largest absolute Gasteiger partial charge is 0.370 e. The van der Waals surface area contributed by atoms with Crippen LogP contribution in [-0.2, 0) is 4.79 Å². The average molecular weight is 192 g/mol. The van der Waals surface area contributed by atoms with Crippen LogP contribution in [0, 0.1) is 6.92 Å². The topological polar surface area (TPSA) is 55.1 Å². The number of hydrogen-bond donors (Lipinski definition) is 2. The third kappa shape index (κ3) is 2.57. The van der Waals surface area contributed by atoms with Crippen molar-refractivity contribution in [2.75, 3.05) is 7.05 Å². The Bertz CT molecular complexity index is 323. The Balaban J connectivity index is 2.89. The van der Waals surface area contributed by atoms with Gasteiger partial charge in [0, 0.05) is 12.5 Å². The van der Waals surface area contributed by atoms with E-state index in [1.165, 1.54) is 5.56 Å².